The Morgan fingerprint density at radius 2 is 1.39 bits per heavy atom. The van der Waals surface area contributed by atoms with Gasteiger partial charge in [-0.25, -0.2) is 0 Å². The van der Waals surface area contributed by atoms with Crippen LogP contribution in [0.5, 0.6) is 17.2 Å². The summed E-state index contributed by atoms with van der Waals surface area (Å²) in [6, 6.07) is 14.6. The minimum Gasteiger partial charge on any atom is -0.493 e. The average Bonchev–Trinajstić information content (AvgIpc) is 3.10. The molecule has 8 nitrogen and oxygen atoms in total. The molecule has 2 N–H and O–H groups in total. The Balaban J connectivity index is 1.80. The minimum absolute atomic E-state index is 0.190. The molecule has 0 saturated carbocycles. The van der Waals surface area contributed by atoms with E-state index in [1.807, 2.05) is 48.7 Å². The first kappa shape index (κ1) is 21.8. The fraction of sp³-hybridized carbons (Fsp3) is 0.217. The molecule has 0 spiro atoms. The van der Waals surface area contributed by atoms with Crippen LogP contribution in [0.2, 0.25) is 0 Å². The maximum atomic E-state index is 12.8. The molecule has 1 heterocycles. The number of carbonyl (C=O) groups is 2. The van der Waals surface area contributed by atoms with Gasteiger partial charge in [0.15, 0.2) is 11.5 Å². The lowest BCUT2D eigenvalue weighted by molar-refractivity contribution is 0.0844. The van der Waals surface area contributed by atoms with E-state index in [0.717, 1.165) is 17.1 Å². The number of nitrogens with one attached hydrogen (secondary N) is 2. The maximum Gasteiger partial charge on any atom is 0.273 e. The normalized spacial score (nSPS) is 10.4. The molecule has 2 aromatic carbocycles. The Hall–Kier alpha value is -3.94. The fourth-order valence-corrected chi connectivity index (χ4v) is 3.50. The van der Waals surface area contributed by atoms with E-state index in [1.54, 1.807) is 12.1 Å². The van der Waals surface area contributed by atoms with Crippen molar-refractivity contribution < 1.29 is 23.8 Å². The topological polar surface area (TPSA) is 90.8 Å². The van der Waals surface area contributed by atoms with Crippen LogP contribution in [0.15, 0.2) is 48.5 Å². The lowest BCUT2D eigenvalue weighted by Gasteiger charge is -2.15. The van der Waals surface area contributed by atoms with Crippen LogP contribution in [-0.4, -0.2) is 37.7 Å². The second-order valence-electron chi connectivity index (χ2n) is 6.75. The van der Waals surface area contributed by atoms with Crippen molar-refractivity contribution in [3.8, 4) is 22.9 Å². The highest BCUT2D eigenvalue weighted by Crippen LogP contribution is 2.39. The van der Waals surface area contributed by atoms with E-state index in [4.69, 9.17) is 14.2 Å². The molecule has 3 aromatic rings. The molecule has 3 rings (SSSR count). The van der Waals surface area contributed by atoms with Crippen LogP contribution < -0.4 is 25.1 Å². The first-order valence-electron chi connectivity index (χ1n) is 9.56. The van der Waals surface area contributed by atoms with E-state index in [-0.39, 0.29) is 17.1 Å². The number of hydrogen-bond acceptors (Lipinski definition) is 5. The summed E-state index contributed by atoms with van der Waals surface area (Å²) in [6.45, 7) is 3.78. The van der Waals surface area contributed by atoms with E-state index in [9.17, 15) is 9.59 Å². The summed E-state index contributed by atoms with van der Waals surface area (Å²) >= 11 is 0. The standard InChI is InChI=1S/C23H25N3O5/c1-14-13-18(15(2)26(14)16-9-7-6-8-10-16)23(28)25-24-22(27)17-11-12-19(29-3)21(31-5)20(17)30-4/h6-13H,1-5H3,(H,24,27)(H,25,28). The summed E-state index contributed by atoms with van der Waals surface area (Å²) in [6.07, 6.45) is 0. The smallest absolute Gasteiger partial charge is 0.273 e. The second kappa shape index (κ2) is 9.25. The lowest BCUT2D eigenvalue weighted by Crippen LogP contribution is -2.41. The Kier molecular flexibility index (Phi) is 6.49. The zero-order valence-corrected chi connectivity index (χ0v) is 18.1. The van der Waals surface area contributed by atoms with Gasteiger partial charge in [0.05, 0.1) is 32.5 Å². The number of aromatic nitrogens is 1. The number of rotatable bonds is 6. The maximum absolute atomic E-state index is 12.8. The lowest BCUT2D eigenvalue weighted by atomic mass is 10.1. The van der Waals surface area contributed by atoms with Gasteiger partial charge in [0, 0.05) is 17.1 Å². The first-order valence-corrected chi connectivity index (χ1v) is 9.56. The van der Waals surface area contributed by atoms with Crippen LogP contribution in [0.3, 0.4) is 0 Å². The van der Waals surface area contributed by atoms with Crippen LogP contribution in [0, 0.1) is 13.8 Å². The van der Waals surface area contributed by atoms with Crippen molar-refractivity contribution in [1.29, 1.82) is 0 Å². The summed E-state index contributed by atoms with van der Waals surface area (Å²) in [5.74, 6) is -0.0642. The molecule has 0 saturated heterocycles. The highest BCUT2D eigenvalue weighted by atomic mass is 16.5. The minimum atomic E-state index is -0.553. The van der Waals surface area contributed by atoms with Crippen LogP contribution in [-0.2, 0) is 0 Å². The van der Waals surface area contributed by atoms with Gasteiger partial charge in [-0.05, 0) is 44.2 Å². The average molecular weight is 423 g/mol. The molecule has 31 heavy (non-hydrogen) atoms. The Bertz CT molecular complexity index is 1110. The number of ether oxygens (including phenoxy) is 3. The quantitative estimate of drug-likeness (QED) is 0.594. The summed E-state index contributed by atoms with van der Waals surface area (Å²) in [4.78, 5) is 25.5. The molecule has 0 fully saturated rings. The predicted molar refractivity (Wildman–Crippen MR) is 116 cm³/mol. The summed E-state index contributed by atoms with van der Waals surface area (Å²) in [5, 5.41) is 0. The highest BCUT2D eigenvalue weighted by molar-refractivity contribution is 6.01. The zero-order valence-electron chi connectivity index (χ0n) is 18.1. The number of nitrogens with zero attached hydrogens (tertiary/aromatic N) is 1. The van der Waals surface area contributed by atoms with Crippen molar-refractivity contribution in [1.82, 2.24) is 15.4 Å². The molecule has 0 aliphatic heterocycles. The monoisotopic (exact) mass is 423 g/mol. The van der Waals surface area contributed by atoms with Crippen molar-refractivity contribution in [2.45, 2.75) is 13.8 Å². The van der Waals surface area contributed by atoms with Gasteiger partial charge in [-0.2, -0.15) is 0 Å². The third-order valence-electron chi connectivity index (χ3n) is 4.93. The van der Waals surface area contributed by atoms with E-state index in [1.165, 1.54) is 27.4 Å². The second-order valence-corrected chi connectivity index (χ2v) is 6.75. The molecule has 2 amide bonds. The van der Waals surface area contributed by atoms with Gasteiger partial charge in [0.2, 0.25) is 5.75 Å². The van der Waals surface area contributed by atoms with Crippen molar-refractivity contribution in [2.24, 2.45) is 0 Å². The third kappa shape index (κ3) is 4.18. The van der Waals surface area contributed by atoms with Crippen LogP contribution >= 0.6 is 0 Å². The molecule has 0 bridgehead atoms. The number of methoxy groups -OCH3 is 3. The van der Waals surface area contributed by atoms with Crippen molar-refractivity contribution in [2.75, 3.05) is 21.3 Å². The molecule has 0 radical (unpaired) electrons. The van der Waals surface area contributed by atoms with Gasteiger partial charge in [-0.3, -0.25) is 20.4 Å². The first-order chi connectivity index (χ1) is 14.9. The summed E-state index contributed by atoms with van der Waals surface area (Å²) in [5.41, 5.74) is 8.17. The number of carbonyl (C=O) groups excluding carboxylic acids is 2. The van der Waals surface area contributed by atoms with Gasteiger partial charge in [0.1, 0.15) is 0 Å². The SMILES string of the molecule is COc1ccc(C(=O)NNC(=O)c2cc(C)n(-c3ccccc3)c2C)c(OC)c1OC. The number of para-hydroxylation sites is 1. The molecule has 8 heteroatoms. The van der Waals surface area contributed by atoms with Gasteiger partial charge < -0.3 is 18.8 Å². The van der Waals surface area contributed by atoms with Gasteiger partial charge in [-0.1, -0.05) is 18.2 Å². The fourth-order valence-electron chi connectivity index (χ4n) is 3.50. The van der Waals surface area contributed by atoms with Crippen LogP contribution in [0.1, 0.15) is 32.1 Å². The number of hydrazine groups is 1. The molecule has 0 unspecified atom stereocenters. The third-order valence-corrected chi connectivity index (χ3v) is 4.93. The predicted octanol–water partition coefficient (Wildman–Crippen LogP) is 3.19. The van der Waals surface area contributed by atoms with Crippen molar-refractivity contribution in [3.05, 3.63) is 71.0 Å². The van der Waals surface area contributed by atoms with E-state index in [2.05, 4.69) is 10.9 Å². The number of amides is 2. The molecular weight excluding hydrogens is 398 g/mol. The molecule has 0 aliphatic carbocycles. The molecule has 0 aliphatic rings. The Morgan fingerprint density at radius 1 is 0.774 bits per heavy atom. The van der Waals surface area contributed by atoms with E-state index >= 15 is 0 Å². The largest absolute Gasteiger partial charge is 0.493 e. The van der Waals surface area contributed by atoms with E-state index < -0.39 is 11.8 Å². The van der Waals surface area contributed by atoms with Crippen LogP contribution in [0.25, 0.3) is 5.69 Å². The number of aryl methyl sites for hydroxylation is 1. The van der Waals surface area contributed by atoms with Crippen LogP contribution in [0.4, 0.5) is 0 Å². The van der Waals surface area contributed by atoms with Crippen molar-refractivity contribution >= 4 is 11.8 Å². The molecule has 1 aromatic heterocycles. The summed E-state index contributed by atoms with van der Waals surface area (Å²) in [7, 11) is 4.36. The van der Waals surface area contributed by atoms with Gasteiger partial charge in [0.25, 0.3) is 11.8 Å². The molecule has 162 valence electrons. The highest BCUT2D eigenvalue weighted by Gasteiger charge is 2.22. The molecule has 0 atom stereocenters. The Morgan fingerprint density at radius 3 is 1.97 bits per heavy atom. The Labute approximate surface area is 180 Å². The number of hydrogen-bond donors (Lipinski definition) is 2. The van der Waals surface area contributed by atoms with Crippen molar-refractivity contribution in [3.63, 3.8) is 0 Å². The number of benzene rings is 2. The summed E-state index contributed by atoms with van der Waals surface area (Å²) < 4.78 is 17.8. The van der Waals surface area contributed by atoms with E-state index in [0.29, 0.717) is 11.3 Å². The zero-order chi connectivity index (χ0) is 22.5. The molecular formula is C23H25N3O5. The van der Waals surface area contributed by atoms with Gasteiger partial charge in [-0.15, -0.1) is 0 Å². The van der Waals surface area contributed by atoms with Gasteiger partial charge >= 0.3 is 0 Å².